The van der Waals surface area contributed by atoms with Crippen molar-refractivity contribution in [3.8, 4) is 11.1 Å². The molecule has 22 heavy (non-hydrogen) atoms. The van der Waals surface area contributed by atoms with E-state index in [-0.39, 0.29) is 0 Å². The van der Waals surface area contributed by atoms with Gasteiger partial charge in [0.25, 0.3) is 0 Å². The Bertz CT molecular complexity index is 459. The lowest BCUT2D eigenvalue weighted by atomic mass is 9.97. The molecule has 0 aliphatic heterocycles. The van der Waals surface area contributed by atoms with Crippen LogP contribution in [0.2, 0.25) is 0 Å². The SMILES string of the molecule is CC.CC.CPCc1ccccc1-c1ccccc1CPC. The number of hydrogen-bond donors (Lipinski definition) is 0. The van der Waals surface area contributed by atoms with Crippen molar-refractivity contribution in [1.82, 2.24) is 0 Å². The molecule has 2 aromatic rings. The molecule has 0 heterocycles. The normalized spacial score (nSPS) is 10.3. The van der Waals surface area contributed by atoms with Crippen LogP contribution in [0.15, 0.2) is 48.5 Å². The van der Waals surface area contributed by atoms with Gasteiger partial charge in [0.05, 0.1) is 0 Å². The Morgan fingerprint density at radius 1 is 0.591 bits per heavy atom. The quantitative estimate of drug-likeness (QED) is 0.515. The maximum atomic E-state index is 2.27. The van der Waals surface area contributed by atoms with E-state index in [2.05, 4.69) is 61.9 Å². The third kappa shape index (κ3) is 6.60. The Labute approximate surface area is 141 Å². The molecule has 2 unspecified atom stereocenters. The van der Waals surface area contributed by atoms with Gasteiger partial charge in [0.2, 0.25) is 0 Å². The summed E-state index contributed by atoms with van der Waals surface area (Å²) in [6, 6.07) is 17.7. The van der Waals surface area contributed by atoms with Crippen molar-refractivity contribution in [1.29, 1.82) is 0 Å². The summed E-state index contributed by atoms with van der Waals surface area (Å²) in [7, 11) is 1.95. The van der Waals surface area contributed by atoms with E-state index in [1.54, 1.807) is 0 Å². The van der Waals surface area contributed by atoms with Crippen molar-refractivity contribution in [2.75, 3.05) is 13.3 Å². The molecule has 2 aromatic carbocycles. The summed E-state index contributed by atoms with van der Waals surface area (Å²) in [6.45, 7) is 12.5. The molecule has 0 amide bonds. The minimum absolute atomic E-state index is 0.976. The minimum atomic E-state index is 0.976. The average Bonchev–Trinajstić information content (AvgIpc) is 2.60. The van der Waals surface area contributed by atoms with Crippen LogP contribution in [0.1, 0.15) is 38.8 Å². The molecule has 0 nitrogen and oxygen atoms in total. The van der Waals surface area contributed by atoms with E-state index < -0.39 is 0 Å². The van der Waals surface area contributed by atoms with Crippen LogP contribution in [-0.2, 0) is 12.3 Å². The van der Waals surface area contributed by atoms with E-state index in [4.69, 9.17) is 0 Å². The van der Waals surface area contributed by atoms with Crippen LogP contribution in [0.5, 0.6) is 0 Å². The van der Waals surface area contributed by atoms with Gasteiger partial charge in [0.15, 0.2) is 0 Å². The van der Waals surface area contributed by atoms with Crippen molar-refractivity contribution in [2.45, 2.75) is 40.0 Å². The van der Waals surface area contributed by atoms with Gasteiger partial charge < -0.3 is 0 Å². The lowest BCUT2D eigenvalue weighted by Crippen LogP contribution is -1.91. The van der Waals surface area contributed by atoms with Gasteiger partial charge in [-0.05, 0) is 47.9 Å². The van der Waals surface area contributed by atoms with Gasteiger partial charge in [0.1, 0.15) is 0 Å². The van der Waals surface area contributed by atoms with Crippen molar-refractivity contribution >= 4 is 17.2 Å². The van der Waals surface area contributed by atoms with Crippen LogP contribution in [0.25, 0.3) is 11.1 Å². The molecule has 0 bridgehead atoms. The molecule has 0 saturated heterocycles. The highest BCUT2D eigenvalue weighted by Gasteiger charge is 2.07. The smallest absolute Gasteiger partial charge is 0.00969 e. The number of benzene rings is 2. The molecule has 0 radical (unpaired) electrons. The molecular weight excluding hydrogens is 302 g/mol. The van der Waals surface area contributed by atoms with E-state index >= 15 is 0 Å². The predicted molar refractivity (Wildman–Crippen MR) is 110 cm³/mol. The Morgan fingerprint density at radius 2 is 0.909 bits per heavy atom. The van der Waals surface area contributed by atoms with Gasteiger partial charge >= 0.3 is 0 Å². The van der Waals surface area contributed by atoms with Gasteiger partial charge in [-0.2, -0.15) is 0 Å². The van der Waals surface area contributed by atoms with Crippen LogP contribution in [0, 0.1) is 0 Å². The zero-order chi connectivity index (χ0) is 16.8. The first kappa shape index (κ1) is 21.3. The highest BCUT2D eigenvalue weighted by Crippen LogP contribution is 2.32. The summed E-state index contributed by atoms with van der Waals surface area (Å²) >= 11 is 0. The fraction of sp³-hybridized carbons (Fsp3) is 0.400. The van der Waals surface area contributed by atoms with E-state index in [0.29, 0.717) is 0 Å². The van der Waals surface area contributed by atoms with Crippen molar-refractivity contribution in [2.24, 2.45) is 0 Å². The first-order chi connectivity index (χ1) is 10.9. The second-order valence-electron chi connectivity index (χ2n) is 4.37. The molecule has 0 aliphatic rings. The zero-order valence-electron chi connectivity index (χ0n) is 15.0. The monoisotopic (exact) mass is 334 g/mol. The zero-order valence-corrected chi connectivity index (χ0v) is 17.0. The molecule has 0 fully saturated rings. The molecule has 0 aromatic heterocycles. The summed E-state index contributed by atoms with van der Waals surface area (Å²) in [5, 5.41) is 0. The summed E-state index contributed by atoms with van der Waals surface area (Å²) in [4.78, 5) is 0. The first-order valence-electron chi connectivity index (χ1n) is 8.32. The Kier molecular flexibility index (Phi) is 13.5. The van der Waals surface area contributed by atoms with Crippen LogP contribution >= 0.6 is 17.2 Å². The molecule has 0 spiro atoms. The molecule has 0 aliphatic carbocycles. The van der Waals surface area contributed by atoms with Crippen LogP contribution < -0.4 is 0 Å². The van der Waals surface area contributed by atoms with E-state index in [1.807, 2.05) is 27.7 Å². The molecular formula is C20H32P2. The average molecular weight is 334 g/mol. The second kappa shape index (κ2) is 13.9. The van der Waals surface area contributed by atoms with Crippen LogP contribution in [0.4, 0.5) is 0 Å². The van der Waals surface area contributed by atoms with Crippen molar-refractivity contribution in [3.05, 3.63) is 59.7 Å². The number of hydrogen-bond acceptors (Lipinski definition) is 0. The maximum absolute atomic E-state index is 2.27. The summed E-state index contributed by atoms with van der Waals surface area (Å²) in [5.41, 5.74) is 5.84. The third-order valence-electron chi connectivity index (χ3n) is 3.06. The minimum Gasteiger partial charge on any atom is -0.121 e. The fourth-order valence-corrected chi connectivity index (χ4v) is 3.63. The topological polar surface area (TPSA) is 0 Å². The molecule has 0 N–H and O–H groups in total. The fourth-order valence-electron chi connectivity index (χ4n) is 2.26. The third-order valence-corrected chi connectivity index (χ3v) is 4.53. The highest BCUT2D eigenvalue weighted by atomic mass is 31.1. The van der Waals surface area contributed by atoms with Gasteiger partial charge in [-0.1, -0.05) is 76.2 Å². The number of rotatable bonds is 5. The molecule has 0 saturated carbocycles. The predicted octanol–water partition coefficient (Wildman–Crippen LogP) is 7.02. The maximum Gasteiger partial charge on any atom is -0.00969 e. The van der Waals surface area contributed by atoms with Gasteiger partial charge in [-0.3, -0.25) is 0 Å². The van der Waals surface area contributed by atoms with E-state index in [9.17, 15) is 0 Å². The Hall–Kier alpha value is -0.700. The van der Waals surface area contributed by atoms with Crippen LogP contribution in [0.3, 0.4) is 0 Å². The summed E-state index contributed by atoms with van der Waals surface area (Å²) < 4.78 is 0. The van der Waals surface area contributed by atoms with Gasteiger partial charge in [0, 0.05) is 0 Å². The lowest BCUT2D eigenvalue weighted by Gasteiger charge is -2.13. The Balaban J connectivity index is 0.00000102. The standard InChI is InChI=1S/C16H20P2.2C2H6/c1-17-11-13-7-3-5-9-15(13)16-10-6-4-8-14(16)12-18-2;2*1-2/h3-10,17-18H,11-12H2,1-2H3;2*1-2H3. The van der Waals surface area contributed by atoms with Crippen LogP contribution in [-0.4, -0.2) is 13.3 Å². The van der Waals surface area contributed by atoms with Gasteiger partial charge in [-0.25, -0.2) is 0 Å². The lowest BCUT2D eigenvalue weighted by molar-refractivity contribution is 1.35. The van der Waals surface area contributed by atoms with Crippen molar-refractivity contribution in [3.63, 3.8) is 0 Å². The second-order valence-corrected chi connectivity index (χ2v) is 6.50. The van der Waals surface area contributed by atoms with E-state index in [0.717, 1.165) is 17.2 Å². The largest absolute Gasteiger partial charge is 0.121 e. The molecule has 122 valence electrons. The van der Waals surface area contributed by atoms with Crippen molar-refractivity contribution < 1.29 is 0 Å². The van der Waals surface area contributed by atoms with Gasteiger partial charge in [-0.15, -0.1) is 17.2 Å². The molecule has 2 rings (SSSR count). The summed E-state index contributed by atoms with van der Waals surface area (Å²) in [6.07, 6.45) is 2.39. The summed E-state index contributed by atoms with van der Waals surface area (Å²) in [5.74, 6) is 0. The first-order valence-corrected chi connectivity index (χ1v) is 11.7. The Morgan fingerprint density at radius 3 is 1.23 bits per heavy atom. The molecule has 2 atom stereocenters. The highest BCUT2D eigenvalue weighted by molar-refractivity contribution is 7.36. The van der Waals surface area contributed by atoms with E-state index in [1.165, 1.54) is 34.6 Å². The molecule has 2 heteroatoms.